The first-order valence-corrected chi connectivity index (χ1v) is 8.80. The molecule has 2 aromatic rings. The molecule has 0 saturated carbocycles. The Balaban J connectivity index is 1.43. The van der Waals surface area contributed by atoms with E-state index in [9.17, 15) is 13.6 Å². The Bertz CT molecular complexity index is 756. The van der Waals surface area contributed by atoms with Gasteiger partial charge in [-0.2, -0.15) is 0 Å². The summed E-state index contributed by atoms with van der Waals surface area (Å²) in [5, 5.41) is 5.83. The van der Waals surface area contributed by atoms with E-state index in [-0.39, 0.29) is 12.1 Å². The molecule has 6 heteroatoms. The van der Waals surface area contributed by atoms with Gasteiger partial charge in [0.1, 0.15) is 0 Å². The second kappa shape index (κ2) is 8.27. The van der Waals surface area contributed by atoms with Gasteiger partial charge in [-0.15, -0.1) is 0 Å². The first kappa shape index (κ1) is 18.3. The molecular formula is C20H23F2N3O. The lowest BCUT2D eigenvalue weighted by atomic mass is 10.0. The van der Waals surface area contributed by atoms with Crippen LogP contribution >= 0.6 is 0 Å². The number of carbonyl (C=O) groups is 1. The van der Waals surface area contributed by atoms with Gasteiger partial charge in [0, 0.05) is 31.4 Å². The molecule has 1 aliphatic heterocycles. The van der Waals surface area contributed by atoms with Crippen LogP contribution in [0.4, 0.5) is 19.3 Å². The van der Waals surface area contributed by atoms with E-state index in [1.807, 2.05) is 31.2 Å². The number of halogens is 2. The number of rotatable bonds is 4. The van der Waals surface area contributed by atoms with Crippen LogP contribution in [0.15, 0.2) is 42.5 Å². The van der Waals surface area contributed by atoms with Crippen LogP contribution in [-0.4, -0.2) is 30.1 Å². The molecule has 2 N–H and O–H groups in total. The van der Waals surface area contributed by atoms with Gasteiger partial charge in [0.2, 0.25) is 0 Å². The summed E-state index contributed by atoms with van der Waals surface area (Å²) in [5.74, 6) is -1.64. The number of hydrogen-bond donors (Lipinski definition) is 2. The minimum Gasteiger partial charge on any atom is -0.335 e. The third-order valence-electron chi connectivity index (χ3n) is 4.62. The lowest BCUT2D eigenvalue weighted by molar-refractivity contribution is 0.189. The molecule has 0 radical (unpaired) electrons. The summed E-state index contributed by atoms with van der Waals surface area (Å²) in [7, 11) is 0. The Labute approximate surface area is 152 Å². The predicted octanol–water partition coefficient (Wildman–Crippen LogP) is 4.06. The number of benzene rings is 2. The normalized spacial score (nSPS) is 15.7. The van der Waals surface area contributed by atoms with E-state index in [1.165, 1.54) is 6.07 Å². The minimum atomic E-state index is -0.823. The molecule has 1 saturated heterocycles. The van der Waals surface area contributed by atoms with E-state index in [4.69, 9.17) is 0 Å². The van der Waals surface area contributed by atoms with Crippen LogP contribution in [0.2, 0.25) is 0 Å². The standard InChI is InChI=1S/C20H23F2N3O/c1-14-2-5-16(6-3-14)23-20(26)24-17-8-10-25(11-9-17)13-15-4-7-18(21)19(22)12-15/h2-7,12,17H,8-11,13H2,1H3,(H2,23,24,26). The molecule has 2 aromatic carbocycles. The fraction of sp³-hybridized carbons (Fsp3) is 0.350. The van der Waals surface area contributed by atoms with E-state index in [0.717, 1.165) is 48.8 Å². The smallest absolute Gasteiger partial charge is 0.319 e. The summed E-state index contributed by atoms with van der Waals surface area (Å²) in [6.07, 6.45) is 1.65. The van der Waals surface area contributed by atoms with Crippen molar-refractivity contribution in [3.8, 4) is 0 Å². The number of amides is 2. The Morgan fingerprint density at radius 2 is 1.77 bits per heavy atom. The highest BCUT2D eigenvalue weighted by molar-refractivity contribution is 5.89. The highest BCUT2D eigenvalue weighted by Gasteiger charge is 2.21. The maximum Gasteiger partial charge on any atom is 0.319 e. The molecule has 0 unspecified atom stereocenters. The lowest BCUT2D eigenvalue weighted by Gasteiger charge is -2.32. The topological polar surface area (TPSA) is 44.4 Å². The van der Waals surface area contributed by atoms with Gasteiger partial charge in [-0.1, -0.05) is 23.8 Å². The number of likely N-dealkylation sites (tertiary alicyclic amines) is 1. The Morgan fingerprint density at radius 3 is 2.42 bits per heavy atom. The van der Waals surface area contributed by atoms with Gasteiger partial charge in [-0.25, -0.2) is 13.6 Å². The first-order chi connectivity index (χ1) is 12.5. The molecule has 0 aromatic heterocycles. The highest BCUT2D eigenvalue weighted by atomic mass is 19.2. The molecule has 0 atom stereocenters. The zero-order chi connectivity index (χ0) is 18.5. The number of carbonyl (C=O) groups excluding carboxylic acids is 1. The first-order valence-electron chi connectivity index (χ1n) is 8.80. The number of nitrogens with one attached hydrogen (secondary N) is 2. The van der Waals surface area contributed by atoms with E-state index in [0.29, 0.717) is 6.54 Å². The van der Waals surface area contributed by atoms with Crippen molar-refractivity contribution in [2.45, 2.75) is 32.4 Å². The van der Waals surface area contributed by atoms with Crippen molar-refractivity contribution in [3.63, 3.8) is 0 Å². The largest absolute Gasteiger partial charge is 0.335 e. The van der Waals surface area contributed by atoms with Gasteiger partial charge < -0.3 is 10.6 Å². The second-order valence-electron chi connectivity index (χ2n) is 6.76. The fourth-order valence-corrected chi connectivity index (χ4v) is 3.12. The van der Waals surface area contributed by atoms with Crippen LogP contribution in [-0.2, 0) is 6.54 Å². The Hall–Kier alpha value is -2.47. The molecule has 2 amide bonds. The SMILES string of the molecule is Cc1ccc(NC(=O)NC2CCN(Cc3ccc(F)c(F)c3)CC2)cc1. The molecule has 3 rings (SSSR count). The zero-order valence-corrected chi connectivity index (χ0v) is 14.8. The van der Waals surface area contributed by atoms with Crippen LogP contribution in [0.25, 0.3) is 0 Å². The van der Waals surface area contributed by atoms with Gasteiger partial charge in [-0.05, 0) is 49.6 Å². The number of aryl methyl sites for hydroxylation is 1. The third-order valence-corrected chi connectivity index (χ3v) is 4.62. The van der Waals surface area contributed by atoms with E-state index < -0.39 is 11.6 Å². The number of anilines is 1. The maximum absolute atomic E-state index is 13.3. The highest BCUT2D eigenvalue weighted by Crippen LogP contribution is 2.16. The number of urea groups is 1. The minimum absolute atomic E-state index is 0.113. The molecule has 1 heterocycles. The molecule has 4 nitrogen and oxygen atoms in total. The van der Waals surface area contributed by atoms with Crippen molar-refractivity contribution in [3.05, 3.63) is 65.2 Å². The summed E-state index contributed by atoms with van der Waals surface area (Å²) >= 11 is 0. The van der Waals surface area contributed by atoms with Gasteiger partial charge >= 0.3 is 6.03 Å². The van der Waals surface area contributed by atoms with Crippen LogP contribution in [0, 0.1) is 18.6 Å². The van der Waals surface area contributed by atoms with E-state index in [2.05, 4.69) is 15.5 Å². The molecule has 138 valence electrons. The molecule has 26 heavy (non-hydrogen) atoms. The number of hydrogen-bond acceptors (Lipinski definition) is 2. The van der Waals surface area contributed by atoms with Crippen LogP contribution in [0.5, 0.6) is 0 Å². The predicted molar refractivity (Wildman–Crippen MR) is 98.0 cm³/mol. The summed E-state index contributed by atoms with van der Waals surface area (Å²) in [6.45, 7) is 4.18. The van der Waals surface area contributed by atoms with Crippen molar-refractivity contribution >= 4 is 11.7 Å². The van der Waals surface area contributed by atoms with Crippen molar-refractivity contribution in [2.75, 3.05) is 18.4 Å². The maximum atomic E-state index is 13.3. The summed E-state index contributed by atoms with van der Waals surface area (Å²) in [6, 6.07) is 11.6. The molecule has 1 fully saturated rings. The van der Waals surface area contributed by atoms with Crippen LogP contribution in [0.3, 0.4) is 0 Å². The Kier molecular flexibility index (Phi) is 5.83. The van der Waals surface area contributed by atoms with Crippen molar-refractivity contribution in [2.24, 2.45) is 0 Å². The summed E-state index contributed by atoms with van der Waals surface area (Å²) < 4.78 is 26.3. The average Bonchev–Trinajstić information content (AvgIpc) is 2.62. The second-order valence-corrected chi connectivity index (χ2v) is 6.76. The average molecular weight is 359 g/mol. The zero-order valence-electron chi connectivity index (χ0n) is 14.8. The fourth-order valence-electron chi connectivity index (χ4n) is 3.12. The lowest BCUT2D eigenvalue weighted by Crippen LogP contribution is -2.45. The summed E-state index contributed by atoms with van der Waals surface area (Å²) in [5.41, 5.74) is 2.67. The van der Waals surface area contributed by atoms with Gasteiger partial charge in [-0.3, -0.25) is 4.90 Å². The number of nitrogens with zero attached hydrogens (tertiary/aromatic N) is 1. The van der Waals surface area contributed by atoms with Crippen molar-refractivity contribution in [1.82, 2.24) is 10.2 Å². The van der Waals surface area contributed by atoms with Gasteiger partial charge in [0.15, 0.2) is 11.6 Å². The quantitative estimate of drug-likeness (QED) is 0.865. The Morgan fingerprint density at radius 1 is 1.08 bits per heavy atom. The summed E-state index contributed by atoms with van der Waals surface area (Å²) in [4.78, 5) is 14.3. The molecule has 0 bridgehead atoms. The van der Waals surface area contributed by atoms with Gasteiger partial charge in [0.05, 0.1) is 0 Å². The monoisotopic (exact) mass is 359 g/mol. The molecular weight excluding hydrogens is 336 g/mol. The number of piperidine rings is 1. The van der Waals surface area contributed by atoms with Crippen LogP contribution in [0.1, 0.15) is 24.0 Å². The third kappa shape index (κ3) is 5.02. The van der Waals surface area contributed by atoms with Crippen molar-refractivity contribution < 1.29 is 13.6 Å². The van der Waals surface area contributed by atoms with Gasteiger partial charge in [0.25, 0.3) is 0 Å². The van der Waals surface area contributed by atoms with E-state index in [1.54, 1.807) is 6.07 Å². The molecule has 0 aliphatic carbocycles. The van der Waals surface area contributed by atoms with E-state index >= 15 is 0 Å². The van der Waals surface area contributed by atoms with Crippen molar-refractivity contribution in [1.29, 1.82) is 0 Å². The molecule has 1 aliphatic rings. The molecule has 0 spiro atoms. The van der Waals surface area contributed by atoms with Crippen LogP contribution < -0.4 is 10.6 Å².